The van der Waals surface area contributed by atoms with E-state index in [1.807, 2.05) is 4.90 Å². The fourth-order valence-electron chi connectivity index (χ4n) is 3.60. The van der Waals surface area contributed by atoms with Crippen LogP contribution in [0.5, 0.6) is 0 Å². The molecule has 2 atom stereocenters. The first-order chi connectivity index (χ1) is 11.3. The minimum atomic E-state index is -0.0852. The predicted octanol–water partition coefficient (Wildman–Crippen LogP) is 1.76. The van der Waals surface area contributed by atoms with E-state index in [1.54, 1.807) is 7.11 Å². The summed E-state index contributed by atoms with van der Waals surface area (Å²) in [6.07, 6.45) is 3.60. The van der Waals surface area contributed by atoms with Crippen LogP contribution in [-0.4, -0.2) is 61.7 Å². The van der Waals surface area contributed by atoms with Crippen LogP contribution in [0.15, 0.2) is 4.99 Å². The number of nitrogens with one attached hydrogen (secondary N) is 2. The smallest absolute Gasteiger partial charge is 0.222 e. The lowest BCUT2D eigenvalue weighted by atomic mass is 9.56. The van der Waals surface area contributed by atoms with Crippen molar-refractivity contribution >= 4 is 11.9 Å². The molecule has 0 aromatic rings. The highest BCUT2D eigenvalue weighted by atomic mass is 16.5. The molecule has 6 nitrogen and oxygen atoms in total. The number of likely N-dealkylation sites (tertiary alicyclic amines) is 1. The molecular weight excluding hydrogens is 304 g/mol. The number of rotatable bonds is 7. The third kappa shape index (κ3) is 3.85. The molecule has 0 spiro atoms. The Morgan fingerprint density at radius 2 is 2.17 bits per heavy atom. The van der Waals surface area contributed by atoms with Gasteiger partial charge < -0.3 is 20.3 Å². The normalized spacial score (nSPS) is 29.5. The molecule has 1 heterocycles. The van der Waals surface area contributed by atoms with Crippen LogP contribution in [-0.2, 0) is 9.53 Å². The topological polar surface area (TPSA) is 66.0 Å². The van der Waals surface area contributed by atoms with E-state index < -0.39 is 0 Å². The summed E-state index contributed by atoms with van der Waals surface area (Å²) in [5.41, 5.74) is -0.0297. The van der Waals surface area contributed by atoms with Crippen LogP contribution in [0, 0.1) is 5.41 Å². The van der Waals surface area contributed by atoms with Gasteiger partial charge in [-0.15, -0.1) is 0 Å². The second-order valence-electron chi connectivity index (χ2n) is 7.66. The molecule has 0 aromatic heterocycles. The number of methoxy groups -OCH3 is 1. The second kappa shape index (κ2) is 7.72. The summed E-state index contributed by atoms with van der Waals surface area (Å²) in [5, 5.41) is 6.87. The average Bonchev–Trinajstić information content (AvgIpc) is 2.95. The van der Waals surface area contributed by atoms with Gasteiger partial charge in [0, 0.05) is 51.2 Å². The van der Waals surface area contributed by atoms with Gasteiger partial charge in [0.1, 0.15) is 0 Å². The largest absolute Gasteiger partial charge is 0.378 e. The molecule has 1 saturated heterocycles. The number of nitrogens with zero attached hydrogens (tertiary/aromatic N) is 2. The Bertz CT molecular complexity index is 478. The molecule has 6 heteroatoms. The van der Waals surface area contributed by atoms with Gasteiger partial charge in [-0.2, -0.15) is 0 Å². The molecule has 1 aliphatic carbocycles. The van der Waals surface area contributed by atoms with Gasteiger partial charge in [-0.3, -0.25) is 9.79 Å². The minimum Gasteiger partial charge on any atom is -0.378 e. The maximum Gasteiger partial charge on any atom is 0.222 e. The van der Waals surface area contributed by atoms with Crippen molar-refractivity contribution < 1.29 is 9.53 Å². The number of carbonyl (C=O) groups excluding carboxylic acids is 1. The van der Waals surface area contributed by atoms with Crippen molar-refractivity contribution in [1.82, 2.24) is 15.5 Å². The van der Waals surface area contributed by atoms with Gasteiger partial charge >= 0.3 is 0 Å². The molecule has 2 rings (SSSR count). The van der Waals surface area contributed by atoms with E-state index in [9.17, 15) is 4.79 Å². The Labute approximate surface area is 146 Å². The van der Waals surface area contributed by atoms with Gasteiger partial charge in [0.2, 0.25) is 5.91 Å². The van der Waals surface area contributed by atoms with Crippen molar-refractivity contribution in [2.24, 2.45) is 10.4 Å². The quantitative estimate of drug-likeness (QED) is 0.422. The third-order valence-electron chi connectivity index (χ3n) is 5.96. The molecule has 1 amide bonds. The van der Waals surface area contributed by atoms with Crippen molar-refractivity contribution in [3.63, 3.8) is 0 Å². The van der Waals surface area contributed by atoms with Crippen LogP contribution in [0.2, 0.25) is 0 Å². The molecule has 24 heavy (non-hydrogen) atoms. The molecule has 1 aliphatic heterocycles. The SMILES string of the molecule is CCNC(=NCCCN1CCCC1=O)NC1CC(C)(OC)C1(C)C. The summed E-state index contributed by atoms with van der Waals surface area (Å²) in [6, 6.07) is 0.348. The maximum atomic E-state index is 11.6. The van der Waals surface area contributed by atoms with E-state index in [0.29, 0.717) is 18.4 Å². The zero-order chi connectivity index (χ0) is 17.8. The number of hydrogen-bond acceptors (Lipinski definition) is 3. The zero-order valence-electron chi connectivity index (χ0n) is 15.9. The van der Waals surface area contributed by atoms with Crippen LogP contribution >= 0.6 is 0 Å². The summed E-state index contributed by atoms with van der Waals surface area (Å²) in [7, 11) is 1.79. The van der Waals surface area contributed by atoms with Gasteiger partial charge in [-0.05, 0) is 33.1 Å². The highest BCUT2D eigenvalue weighted by Gasteiger charge is 2.58. The van der Waals surface area contributed by atoms with Crippen LogP contribution < -0.4 is 10.6 Å². The molecule has 0 bridgehead atoms. The number of ether oxygens (including phenoxy) is 1. The standard InChI is InChI=1S/C18H34N4O2/c1-6-19-16(20-10-8-12-22-11-7-9-15(22)23)21-14-13-18(4,24-5)17(14,2)3/h14H,6-13H2,1-5H3,(H2,19,20,21). The minimum absolute atomic E-state index is 0.0555. The van der Waals surface area contributed by atoms with Crippen molar-refractivity contribution in [2.75, 3.05) is 33.3 Å². The van der Waals surface area contributed by atoms with E-state index in [1.165, 1.54) is 0 Å². The van der Waals surface area contributed by atoms with E-state index in [2.05, 4.69) is 43.3 Å². The molecule has 2 unspecified atom stereocenters. The van der Waals surface area contributed by atoms with Gasteiger partial charge in [0.05, 0.1) is 5.60 Å². The van der Waals surface area contributed by atoms with Gasteiger partial charge in [-0.25, -0.2) is 0 Å². The first-order valence-corrected chi connectivity index (χ1v) is 9.22. The lowest BCUT2D eigenvalue weighted by Crippen LogP contribution is -2.69. The number of aliphatic imine (C=N–C) groups is 1. The Hall–Kier alpha value is -1.30. The Morgan fingerprint density at radius 1 is 1.42 bits per heavy atom. The van der Waals surface area contributed by atoms with E-state index in [0.717, 1.165) is 51.4 Å². The van der Waals surface area contributed by atoms with Crippen molar-refractivity contribution in [2.45, 2.75) is 65.0 Å². The Balaban J connectivity index is 1.82. The van der Waals surface area contributed by atoms with Gasteiger partial charge in [0.15, 0.2) is 5.96 Å². The Morgan fingerprint density at radius 3 is 2.71 bits per heavy atom. The van der Waals surface area contributed by atoms with Crippen molar-refractivity contribution in [1.29, 1.82) is 0 Å². The summed E-state index contributed by atoms with van der Waals surface area (Å²) < 4.78 is 5.69. The lowest BCUT2D eigenvalue weighted by molar-refractivity contribution is -0.176. The maximum absolute atomic E-state index is 11.6. The zero-order valence-corrected chi connectivity index (χ0v) is 15.9. The highest BCUT2D eigenvalue weighted by Crippen LogP contribution is 2.51. The number of amides is 1. The van der Waals surface area contributed by atoms with E-state index in [4.69, 9.17) is 4.74 Å². The molecule has 1 saturated carbocycles. The summed E-state index contributed by atoms with van der Waals surface area (Å²) in [5.74, 6) is 1.15. The monoisotopic (exact) mass is 338 g/mol. The molecular formula is C18H34N4O2. The number of carbonyl (C=O) groups is 1. The van der Waals surface area contributed by atoms with Gasteiger partial charge in [0.25, 0.3) is 0 Å². The lowest BCUT2D eigenvalue weighted by Gasteiger charge is -2.59. The Kier molecular flexibility index (Phi) is 6.12. The number of guanidine groups is 1. The predicted molar refractivity (Wildman–Crippen MR) is 97.1 cm³/mol. The fraction of sp³-hybridized carbons (Fsp3) is 0.889. The van der Waals surface area contributed by atoms with Crippen LogP contribution in [0.4, 0.5) is 0 Å². The summed E-state index contributed by atoms with van der Waals surface area (Å²) >= 11 is 0. The third-order valence-corrected chi connectivity index (χ3v) is 5.96. The second-order valence-corrected chi connectivity index (χ2v) is 7.66. The van der Waals surface area contributed by atoms with E-state index >= 15 is 0 Å². The first-order valence-electron chi connectivity index (χ1n) is 9.22. The molecule has 2 fully saturated rings. The molecule has 2 aliphatic rings. The fourth-order valence-corrected chi connectivity index (χ4v) is 3.60. The number of hydrogen-bond donors (Lipinski definition) is 2. The van der Waals surface area contributed by atoms with Crippen LogP contribution in [0.25, 0.3) is 0 Å². The summed E-state index contributed by atoms with van der Waals surface area (Å²) in [6.45, 7) is 12.0. The molecule has 0 aromatic carbocycles. The molecule has 0 radical (unpaired) electrons. The summed E-state index contributed by atoms with van der Waals surface area (Å²) in [4.78, 5) is 18.2. The molecule has 2 N–H and O–H groups in total. The first kappa shape index (κ1) is 19.0. The average molecular weight is 338 g/mol. The van der Waals surface area contributed by atoms with E-state index in [-0.39, 0.29) is 11.0 Å². The highest BCUT2D eigenvalue weighted by molar-refractivity contribution is 5.80. The molecule has 138 valence electrons. The van der Waals surface area contributed by atoms with Crippen molar-refractivity contribution in [3.05, 3.63) is 0 Å². The van der Waals surface area contributed by atoms with Crippen LogP contribution in [0.1, 0.15) is 53.4 Å². The van der Waals surface area contributed by atoms with Gasteiger partial charge in [-0.1, -0.05) is 13.8 Å². The van der Waals surface area contributed by atoms with Crippen molar-refractivity contribution in [3.8, 4) is 0 Å². The van der Waals surface area contributed by atoms with Crippen LogP contribution in [0.3, 0.4) is 0 Å².